The van der Waals surface area contributed by atoms with Gasteiger partial charge in [0.2, 0.25) is 5.91 Å². The maximum atomic E-state index is 12.5. The fourth-order valence-corrected chi connectivity index (χ4v) is 4.29. The number of hydrogen-bond acceptors (Lipinski definition) is 7. The topological polar surface area (TPSA) is 98.4 Å². The van der Waals surface area contributed by atoms with Crippen LogP contribution >= 0.6 is 0 Å². The number of imide groups is 1. The molecule has 2 aromatic rings. The van der Waals surface area contributed by atoms with Crippen molar-refractivity contribution in [3.8, 4) is 23.0 Å². The van der Waals surface area contributed by atoms with Gasteiger partial charge in [-0.3, -0.25) is 15.0 Å². The lowest BCUT2D eigenvalue weighted by atomic mass is 10.0. The number of likely N-dealkylation sites (tertiary alicyclic amines) is 1. The number of hydrogen-bond donors (Lipinski definition) is 2. The number of benzene rings is 2. The van der Waals surface area contributed by atoms with Crippen molar-refractivity contribution in [1.82, 2.24) is 10.2 Å². The molecule has 32 heavy (non-hydrogen) atoms. The van der Waals surface area contributed by atoms with Gasteiger partial charge in [0.1, 0.15) is 26.4 Å². The molecule has 0 spiro atoms. The van der Waals surface area contributed by atoms with Crippen LogP contribution in [0.5, 0.6) is 23.0 Å². The predicted octanol–water partition coefficient (Wildman–Crippen LogP) is 2.71. The molecule has 0 bridgehead atoms. The number of nitrogens with one attached hydrogen (secondary N) is 2. The Morgan fingerprint density at radius 3 is 2.28 bits per heavy atom. The molecule has 0 unspecified atom stereocenters. The number of carbonyl (C=O) groups is 2. The van der Waals surface area contributed by atoms with E-state index in [0.29, 0.717) is 43.6 Å². The maximum Gasteiger partial charge on any atom is 0.325 e. The monoisotopic (exact) mass is 439 g/mol. The van der Waals surface area contributed by atoms with Gasteiger partial charge in [0.05, 0.1) is 6.54 Å². The van der Waals surface area contributed by atoms with E-state index in [2.05, 4.69) is 15.5 Å². The Morgan fingerprint density at radius 1 is 0.875 bits per heavy atom. The van der Waals surface area contributed by atoms with Crippen molar-refractivity contribution >= 4 is 17.6 Å². The fourth-order valence-electron chi connectivity index (χ4n) is 4.29. The van der Waals surface area contributed by atoms with E-state index in [4.69, 9.17) is 18.9 Å². The second-order valence-electron chi connectivity index (χ2n) is 7.89. The minimum atomic E-state index is -0.582. The quantitative estimate of drug-likeness (QED) is 0.756. The summed E-state index contributed by atoms with van der Waals surface area (Å²) in [6, 6.07) is 10.5. The van der Waals surface area contributed by atoms with Crippen LogP contribution in [0.25, 0.3) is 0 Å². The van der Waals surface area contributed by atoms with E-state index in [1.165, 1.54) is 0 Å². The van der Waals surface area contributed by atoms with Crippen LogP contribution in [0.3, 0.4) is 0 Å². The molecule has 0 aliphatic carbocycles. The zero-order chi connectivity index (χ0) is 21.9. The molecule has 1 atom stereocenters. The molecule has 3 aliphatic heterocycles. The Labute approximate surface area is 185 Å². The first-order chi connectivity index (χ1) is 15.7. The normalized spacial score (nSPS) is 19.3. The van der Waals surface area contributed by atoms with E-state index < -0.39 is 6.03 Å². The van der Waals surface area contributed by atoms with Crippen molar-refractivity contribution in [3.05, 3.63) is 42.0 Å². The minimum absolute atomic E-state index is 0.0948. The van der Waals surface area contributed by atoms with Crippen molar-refractivity contribution in [2.24, 2.45) is 0 Å². The number of carbonyl (C=O) groups excluding carboxylic acids is 2. The van der Waals surface area contributed by atoms with E-state index in [1.54, 1.807) is 18.2 Å². The van der Waals surface area contributed by atoms with Crippen LogP contribution in [0.15, 0.2) is 36.4 Å². The van der Waals surface area contributed by atoms with Crippen molar-refractivity contribution in [2.75, 3.05) is 44.8 Å². The summed E-state index contributed by atoms with van der Waals surface area (Å²) in [6.45, 7) is 2.96. The molecule has 9 nitrogen and oxygen atoms in total. The Bertz CT molecular complexity index is 1030. The fraction of sp³-hybridized carbons (Fsp3) is 0.391. The Hall–Kier alpha value is -3.46. The number of rotatable bonds is 4. The van der Waals surface area contributed by atoms with Gasteiger partial charge in [0.15, 0.2) is 23.0 Å². The molecule has 9 heteroatoms. The summed E-state index contributed by atoms with van der Waals surface area (Å²) in [4.78, 5) is 26.9. The molecule has 5 rings (SSSR count). The van der Waals surface area contributed by atoms with Crippen molar-refractivity contribution in [1.29, 1.82) is 0 Å². The molecular formula is C23H25N3O6. The van der Waals surface area contributed by atoms with Gasteiger partial charge in [-0.15, -0.1) is 0 Å². The third kappa shape index (κ3) is 4.43. The molecule has 0 radical (unpaired) electrons. The Morgan fingerprint density at radius 2 is 1.53 bits per heavy atom. The lowest BCUT2D eigenvalue weighted by molar-refractivity contribution is -0.121. The van der Waals surface area contributed by atoms with Crippen molar-refractivity contribution < 1.29 is 28.5 Å². The summed E-state index contributed by atoms with van der Waals surface area (Å²) in [6.07, 6.45) is 1.92. The first-order valence-corrected chi connectivity index (χ1v) is 10.8. The first-order valence-electron chi connectivity index (χ1n) is 10.8. The molecular weight excluding hydrogens is 414 g/mol. The van der Waals surface area contributed by atoms with Crippen LogP contribution in [-0.4, -0.2) is 56.4 Å². The minimum Gasteiger partial charge on any atom is -0.486 e. The highest BCUT2D eigenvalue weighted by molar-refractivity contribution is 6.01. The average Bonchev–Trinajstić information content (AvgIpc) is 3.26. The van der Waals surface area contributed by atoms with Gasteiger partial charge in [-0.1, -0.05) is 6.07 Å². The average molecular weight is 439 g/mol. The molecule has 0 saturated carbocycles. The molecule has 3 heterocycles. The lowest BCUT2D eigenvalue weighted by Crippen LogP contribution is -2.41. The first kappa shape index (κ1) is 20.4. The third-order valence-electron chi connectivity index (χ3n) is 5.71. The van der Waals surface area contributed by atoms with Crippen LogP contribution < -0.4 is 29.6 Å². The van der Waals surface area contributed by atoms with Crippen molar-refractivity contribution in [2.45, 2.75) is 18.9 Å². The SMILES string of the molecule is O=C(CN1CCC[C@@H]1c1ccc2c(c1)OCCO2)NC(=O)Nc1ccc2c(c1)OCCO2. The van der Waals surface area contributed by atoms with E-state index in [-0.39, 0.29) is 18.5 Å². The van der Waals surface area contributed by atoms with E-state index in [1.807, 2.05) is 18.2 Å². The largest absolute Gasteiger partial charge is 0.486 e. The van der Waals surface area contributed by atoms with Gasteiger partial charge in [-0.2, -0.15) is 0 Å². The van der Waals surface area contributed by atoms with Crippen LogP contribution in [0.1, 0.15) is 24.4 Å². The molecule has 2 N–H and O–H groups in total. The van der Waals surface area contributed by atoms with Gasteiger partial charge < -0.3 is 24.3 Å². The van der Waals surface area contributed by atoms with E-state index >= 15 is 0 Å². The Kier molecular flexibility index (Phi) is 5.72. The highest BCUT2D eigenvalue weighted by Crippen LogP contribution is 2.38. The van der Waals surface area contributed by atoms with Gasteiger partial charge in [-0.25, -0.2) is 4.79 Å². The van der Waals surface area contributed by atoms with Gasteiger partial charge >= 0.3 is 6.03 Å². The standard InChI is InChI=1S/C23H25N3O6/c27-22(25-23(28)24-16-4-6-19-21(13-16)32-11-9-30-19)14-26-7-1-2-17(26)15-3-5-18-20(12-15)31-10-8-29-18/h3-6,12-13,17H,1-2,7-11,14H2,(H2,24,25,27,28)/t17-/m1/s1. The smallest absolute Gasteiger partial charge is 0.325 e. The number of amides is 3. The van der Waals surface area contributed by atoms with E-state index in [0.717, 1.165) is 36.4 Å². The third-order valence-corrected chi connectivity index (χ3v) is 5.71. The zero-order valence-electron chi connectivity index (χ0n) is 17.6. The second-order valence-corrected chi connectivity index (χ2v) is 7.89. The van der Waals surface area contributed by atoms with Crippen LogP contribution in [0, 0.1) is 0 Å². The summed E-state index contributed by atoms with van der Waals surface area (Å²) >= 11 is 0. The zero-order valence-corrected chi connectivity index (χ0v) is 17.6. The summed E-state index contributed by atoms with van der Waals surface area (Å²) in [7, 11) is 0. The summed E-state index contributed by atoms with van der Waals surface area (Å²) < 4.78 is 22.3. The highest BCUT2D eigenvalue weighted by Gasteiger charge is 2.29. The van der Waals surface area contributed by atoms with Crippen LogP contribution in [0.2, 0.25) is 0 Å². The highest BCUT2D eigenvalue weighted by atomic mass is 16.6. The molecule has 0 aromatic heterocycles. The number of ether oxygens (including phenoxy) is 4. The lowest BCUT2D eigenvalue weighted by Gasteiger charge is -2.26. The maximum absolute atomic E-state index is 12.5. The van der Waals surface area contributed by atoms with Crippen LogP contribution in [0.4, 0.5) is 10.5 Å². The predicted molar refractivity (Wildman–Crippen MR) is 116 cm³/mol. The number of nitrogens with zero attached hydrogens (tertiary/aromatic N) is 1. The molecule has 3 aliphatic rings. The second kappa shape index (κ2) is 8.96. The molecule has 3 amide bonds. The summed E-state index contributed by atoms with van der Waals surface area (Å²) in [5.74, 6) is 2.34. The summed E-state index contributed by atoms with van der Waals surface area (Å²) in [5.41, 5.74) is 1.61. The van der Waals surface area contributed by atoms with Gasteiger partial charge in [0, 0.05) is 17.8 Å². The number of anilines is 1. The van der Waals surface area contributed by atoms with Gasteiger partial charge in [-0.05, 0) is 49.2 Å². The van der Waals surface area contributed by atoms with Crippen molar-refractivity contribution in [3.63, 3.8) is 0 Å². The molecule has 1 fully saturated rings. The Balaban J connectivity index is 1.18. The number of fused-ring (bicyclic) bond motifs is 2. The molecule has 168 valence electrons. The molecule has 2 aromatic carbocycles. The molecule has 1 saturated heterocycles. The van der Waals surface area contributed by atoms with Gasteiger partial charge in [0.25, 0.3) is 0 Å². The summed E-state index contributed by atoms with van der Waals surface area (Å²) in [5, 5.41) is 5.08. The van der Waals surface area contributed by atoms with Crippen LogP contribution in [-0.2, 0) is 4.79 Å². The van der Waals surface area contributed by atoms with E-state index in [9.17, 15) is 9.59 Å². The number of urea groups is 1.